The number of pyridine rings is 1. The molecule has 0 saturated heterocycles. The summed E-state index contributed by atoms with van der Waals surface area (Å²) in [6.07, 6.45) is 1.41. The molecule has 0 bridgehead atoms. The van der Waals surface area contributed by atoms with Gasteiger partial charge in [0.15, 0.2) is 0 Å². The Morgan fingerprint density at radius 1 is 0.971 bits per heavy atom. The first kappa shape index (κ1) is 24.3. The Balaban J connectivity index is 1.98. The third-order valence-corrected chi connectivity index (χ3v) is 5.83. The molecule has 35 heavy (non-hydrogen) atoms. The van der Waals surface area contributed by atoms with Gasteiger partial charge < -0.3 is 18.9 Å². The Morgan fingerprint density at radius 3 is 2.17 bits per heavy atom. The molecule has 0 fully saturated rings. The largest absolute Gasteiger partial charge is 0.497 e. The molecule has 0 aliphatic rings. The number of halogens is 2. The smallest absolute Gasteiger partial charge is 0.263 e. The number of anilines is 1. The maximum Gasteiger partial charge on any atom is 0.263 e. The van der Waals surface area contributed by atoms with Crippen molar-refractivity contribution < 1.29 is 23.0 Å². The molecule has 1 aromatic heterocycles. The van der Waals surface area contributed by atoms with Crippen LogP contribution in [0.15, 0.2) is 70.5 Å². The van der Waals surface area contributed by atoms with Gasteiger partial charge in [0.2, 0.25) is 5.43 Å². The van der Waals surface area contributed by atoms with Gasteiger partial charge >= 0.3 is 0 Å². The molecule has 6 nitrogen and oxygen atoms in total. The van der Waals surface area contributed by atoms with E-state index in [1.165, 1.54) is 20.4 Å². The van der Waals surface area contributed by atoms with E-state index in [4.69, 9.17) is 9.47 Å². The van der Waals surface area contributed by atoms with Crippen LogP contribution in [0.4, 0.5) is 14.5 Å². The van der Waals surface area contributed by atoms with Crippen molar-refractivity contribution in [2.24, 2.45) is 0 Å². The van der Waals surface area contributed by atoms with E-state index in [2.05, 4.69) is 12.6 Å². The second kappa shape index (κ2) is 9.79. The predicted molar refractivity (Wildman–Crippen MR) is 134 cm³/mol. The van der Waals surface area contributed by atoms with E-state index in [0.29, 0.717) is 27.6 Å². The van der Waals surface area contributed by atoms with Crippen molar-refractivity contribution in [3.63, 3.8) is 0 Å². The van der Waals surface area contributed by atoms with Gasteiger partial charge in [-0.15, -0.1) is 12.6 Å². The molecule has 1 amide bonds. The van der Waals surface area contributed by atoms with E-state index >= 15 is 0 Å². The second-order valence-corrected chi connectivity index (χ2v) is 8.21. The van der Waals surface area contributed by atoms with E-state index in [0.717, 1.165) is 23.1 Å². The molecule has 4 aromatic rings. The summed E-state index contributed by atoms with van der Waals surface area (Å²) in [5.41, 5.74) is 0.403. The number of rotatable bonds is 6. The van der Waals surface area contributed by atoms with Crippen molar-refractivity contribution in [3.05, 3.63) is 88.2 Å². The van der Waals surface area contributed by atoms with Crippen LogP contribution in [0.25, 0.3) is 16.6 Å². The van der Waals surface area contributed by atoms with Gasteiger partial charge in [-0.2, -0.15) is 0 Å². The van der Waals surface area contributed by atoms with Crippen molar-refractivity contribution in [3.8, 4) is 17.2 Å². The summed E-state index contributed by atoms with van der Waals surface area (Å²) >= 11 is 4.40. The minimum absolute atomic E-state index is 0.00908. The zero-order chi connectivity index (χ0) is 25.3. The summed E-state index contributed by atoms with van der Waals surface area (Å²) in [6, 6.07) is 12.9. The molecule has 0 spiro atoms. The number of hydrogen-bond donors (Lipinski definition) is 1. The van der Waals surface area contributed by atoms with Gasteiger partial charge in [0.25, 0.3) is 5.91 Å². The number of ether oxygens (including phenoxy) is 2. The highest BCUT2D eigenvalue weighted by molar-refractivity contribution is 7.80. The molecular weight excluding hydrogens is 474 g/mol. The maximum absolute atomic E-state index is 13.9. The fourth-order valence-corrected chi connectivity index (χ4v) is 4.09. The topological polar surface area (TPSA) is 60.8 Å². The number of benzene rings is 3. The molecule has 0 aliphatic heterocycles. The molecule has 0 aliphatic carbocycles. The van der Waals surface area contributed by atoms with Crippen molar-refractivity contribution >= 4 is 35.1 Å². The van der Waals surface area contributed by atoms with E-state index in [1.807, 2.05) is 0 Å². The van der Waals surface area contributed by atoms with Crippen molar-refractivity contribution in [2.45, 2.75) is 11.8 Å². The first-order valence-corrected chi connectivity index (χ1v) is 11.1. The average molecular weight is 497 g/mol. The van der Waals surface area contributed by atoms with Crippen LogP contribution in [0, 0.1) is 11.6 Å². The van der Waals surface area contributed by atoms with Crippen LogP contribution < -0.4 is 19.8 Å². The minimum Gasteiger partial charge on any atom is -0.497 e. The van der Waals surface area contributed by atoms with Crippen LogP contribution >= 0.6 is 12.6 Å². The molecular formula is C26H22F2N2O4S. The zero-order valence-electron chi connectivity index (χ0n) is 19.2. The summed E-state index contributed by atoms with van der Waals surface area (Å²) in [6.45, 7) is 1.74. The van der Waals surface area contributed by atoms with Gasteiger partial charge in [-0.1, -0.05) is 0 Å². The van der Waals surface area contributed by atoms with Gasteiger partial charge in [-0.05, 0) is 37.3 Å². The molecule has 180 valence electrons. The lowest BCUT2D eigenvalue weighted by atomic mass is 10.1. The molecule has 0 atom stereocenters. The zero-order valence-corrected chi connectivity index (χ0v) is 20.1. The van der Waals surface area contributed by atoms with Gasteiger partial charge in [0.05, 0.1) is 25.4 Å². The third kappa shape index (κ3) is 4.72. The molecule has 0 N–H and O–H groups in total. The monoisotopic (exact) mass is 496 g/mol. The first-order chi connectivity index (χ1) is 16.7. The van der Waals surface area contributed by atoms with Gasteiger partial charge in [0.1, 0.15) is 28.7 Å². The lowest BCUT2D eigenvalue weighted by molar-refractivity contribution is 0.0987. The molecule has 9 heteroatoms. The minimum atomic E-state index is -0.827. The number of fused-ring (bicyclic) bond motifs is 1. The van der Waals surface area contributed by atoms with Gasteiger partial charge in [-0.25, -0.2) is 8.78 Å². The highest BCUT2D eigenvalue weighted by Crippen LogP contribution is 2.29. The highest BCUT2D eigenvalue weighted by atomic mass is 32.1. The Morgan fingerprint density at radius 2 is 1.60 bits per heavy atom. The highest BCUT2D eigenvalue weighted by Gasteiger charge is 2.23. The van der Waals surface area contributed by atoms with E-state index < -0.39 is 23.0 Å². The molecule has 0 saturated carbocycles. The summed E-state index contributed by atoms with van der Waals surface area (Å²) in [4.78, 5) is 28.7. The van der Waals surface area contributed by atoms with Crippen LogP contribution in [0.2, 0.25) is 0 Å². The lowest BCUT2D eigenvalue weighted by Gasteiger charge is -2.22. The summed E-state index contributed by atoms with van der Waals surface area (Å²) in [7, 11) is 3.03. The van der Waals surface area contributed by atoms with Crippen LogP contribution in [-0.2, 0) is 0 Å². The third-order valence-electron chi connectivity index (χ3n) is 5.55. The lowest BCUT2D eigenvalue weighted by Crippen LogP contribution is -2.35. The second-order valence-electron chi connectivity index (χ2n) is 7.69. The van der Waals surface area contributed by atoms with E-state index in [1.54, 1.807) is 47.9 Å². The molecule has 0 unspecified atom stereocenters. The summed E-state index contributed by atoms with van der Waals surface area (Å²) in [5, 5.41) is 0.275. The van der Waals surface area contributed by atoms with E-state index in [9.17, 15) is 18.4 Å². The van der Waals surface area contributed by atoms with Crippen molar-refractivity contribution in [2.75, 3.05) is 25.7 Å². The summed E-state index contributed by atoms with van der Waals surface area (Å²) < 4.78 is 40.2. The van der Waals surface area contributed by atoms with Crippen LogP contribution in [0.5, 0.6) is 11.5 Å². The quantitative estimate of drug-likeness (QED) is 0.371. The standard InChI is InChI=1S/C26H22F2N2O4S/c1-4-29(17-8-15(27)7-16(28)9-17)26(32)23-14-30(18-10-19(33-2)12-20(11-18)34-3)24-13-21(35)5-6-22(24)25(23)31/h5-14,35H,4H2,1-3H3. The Bertz CT molecular complexity index is 1460. The Kier molecular flexibility index (Phi) is 6.79. The molecule has 4 rings (SSSR count). The fourth-order valence-electron chi connectivity index (χ4n) is 3.90. The maximum atomic E-state index is 13.9. The molecule has 1 heterocycles. The van der Waals surface area contributed by atoms with Crippen LogP contribution in [0.3, 0.4) is 0 Å². The number of methoxy groups -OCH3 is 2. The number of aromatic nitrogens is 1. The number of thiol groups is 1. The SMILES string of the molecule is CCN(C(=O)c1cn(-c2cc(OC)cc(OC)c2)c2cc(S)ccc2c1=O)c1cc(F)cc(F)c1. The molecule has 0 radical (unpaired) electrons. The number of carbonyl (C=O) groups excluding carboxylic acids is 1. The predicted octanol–water partition coefficient (Wildman–Crippen LogP) is 5.24. The summed E-state index contributed by atoms with van der Waals surface area (Å²) in [5.74, 6) is -1.33. The Labute approximate surface area is 205 Å². The Hall–Kier alpha value is -3.85. The number of carbonyl (C=O) groups is 1. The van der Waals surface area contributed by atoms with Gasteiger partial charge in [0, 0.05) is 53.0 Å². The first-order valence-electron chi connectivity index (χ1n) is 10.7. The number of hydrogen-bond acceptors (Lipinski definition) is 5. The average Bonchev–Trinajstić information content (AvgIpc) is 2.83. The number of amides is 1. The fraction of sp³-hybridized carbons (Fsp3) is 0.154. The van der Waals surface area contributed by atoms with Crippen molar-refractivity contribution in [1.29, 1.82) is 0 Å². The van der Waals surface area contributed by atoms with Crippen LogP contribution in [-0.4, -0.2) is 31.2 Å². The molecule has 3 aromatic carbocycles. The normalized spacial score (nSPS) is 10.9. The van der Waals surface area contributed by atoms with Crippen molar-refractivity contribution in [1.82, 2.24) is 4.57 Å². The number of nitrogens with zero attached hydrogens (tertiary/aromatic N) is 2. The van der Waals surface area contributed by atoms with Crippen LogP contribution in [0.1, 0.15) is 17.3 Å². The van der Waals surface area contributed by atoms with Gasteiger partial charge in [-0.3, -0.25) is 9.59 Å². The van der Waals surface area contributed by atoms with E-state index in [-0.39, 0.29) is 23.2 Å².